The number of carbonyl (C=O) groups is 1. The van der Waals surface area contributed by atoms with E-state index in [0.717, 1.165) is 54.9 Å². The number of esters is 1. The van der Waals surface area contributed by atoms with Gasteiger partial charge < -0.3 is 18.9 Å². The highest BCUT2D eigenvalue weighted by Crippen LogP contribution is 2.38. The molecule has 1 aromatic heterocycles. The van der Waals surface area contributed by atoms with Crippen molar-refractivity contribution >= 4 is 25.2 Å². The highest BCUT2D eigenvalue weighted by atomic mass is 28.4. The van der Waals surface area contributed by atoms with Crippen LogP contribution in [0.1, 0.15) is 44.5 Å². The average Bonchev–Trinajstić information content (AvgIpc) is 3.07. The molecule has 1 aliphatic rings. The Kier molecular flexibility index (Phi) is 6.65. The van der Waals surface area contributed by atoms with Gasteiger partial charge in [0, 0.05) is 36.3 Å². The number of benzene rings is 1. The first-order valence-corrected chi connectivity index (χ1v) is 13.6. The van der Waals surface area contributed by atoms with E-state index in [2.05, 4.69) is 43.7 Å². The lowest BCUT2D eigenvalue weighted by molar-refractivity contribution is -0.148. The summed E-state index contributed by atoms with van der Waals surface area (Å²) in [6, 6.07) is 5.58. The SMILES string of the molecule is COC(=O)C1c2[nH]c3ccc(OC)cc3c2CCN1CCCO[Si](C)(C)C(C)(C)C. The fourth-order valence-corrected chi connectivity index (χ4v) is 4.96. The number of aromatic nitrogens is 1. The van der Waals surface area contributed by atoms with Crippen molar-refractivity contribution in [2.45, 2.75) is 57.8 Å². The second-order valence-corrected chi connectivity index (χ2v) is 14.4. The van der Waals surface area contributed by atoms with E-state index in [1.807, 2.05) is 18.2 Å². The van der Waals surface area contributed by atoms with Gasteiger partial charge in [0.2, 0.25) is 0 Å². The molecule has 0 aliphatic carbocycles. The van der Waals surface area contributed by atoms with Crippen LogP contribution in [0.25, 0.3) is 10.9 Å². The molecule has 1 aliphatic heterocycles. The molecule has 6 nitrogen and oxygen atoms in total. The zero-order valence-electron chi connectivity index (χ0n) is 19.4. The number of nitrogens with one attached hydrogen (secondary N) is 1. The van der Waals surface area contributed by atoms with Crippen LogP contribution in [0.2, 0.25) is 18.1 Å². The number of fused-ring (bicyclic) bond motifs is 3. The summed E-state index contributed by atoms with van der Waals surface area (Å²) in [5.74, 6) is 0.601. The molecule has 166 valence electrons. The Hall–Kier alpha value is -1.83. The zero-order chi connectivity index (χ0) is 22.1. The predicted octanol–water partition coefficient (Wildman–Crippen LogP) is 4.66. The lowest BCUT2D eigenvalue weighted by Crippen LogP contribution is -2.43. The number of ether oxygens (including phenoxy) is 2. The van der Waals surface area contributed by atoms with Crippen LogP contribution in [0.15, 0.2) is 18.2 Å². The third kappa shape index (κ3) is 4.43. The van der Waals surface area contributed by atoms with Crippen LogP contribution in [0.3, 0.4) is 0 Å². The molecule has 0 spiro atoms. The molecular weight excluding hydrogens is 396 g/mol. The number of methoxy groups -OCH3 is 2. The van der Waals surface area contributed by atoms with Gasteiger partial charge in [-0.15, -0.1) is 0 Å². The molecule has 2 heterocycles. The first-order valence-electron chi connectivity index (χ1n) is 10.7. The number of hydrogen-bond donors (Lipinski definition) is 1. The molecule has 0 radical (unpaired) electrons. The smallest absolute Gasteiger partial charge is 0.329 e. The van der Waals surface area contributed by atoms with Gasteiger partial charge in [-0.05, 0) is 54.7 Å². The van der Waals surface area contributed by atoms with Crippen LogP contribution in [0, 0.1) is 0 Å². The monoisotopic (exact) mass is 432 g/mol. The molecule has 1 atom stereocenters. The van der Waals surface area contributed by atoms with E-state index in [0.29, 0.717) is 0 Å². The van der Waals surface area contributed by atoms with E-state index >= 15 is 0 Å². The van der Waals surface area contributed by atoms with Crippen LogP contribution in [-0.4, -0.2) is 58.1 Å². The maximum absolute atomic E-state index is 12.7. The summed E-state index contributed by atoms with van der Waals surface area (Å²) >= 11 is 0. The van der Waals surface area contributed by atoms with Gasteiger partial charge >= 0.3 is 5.97 Å². The van der Waals surface area contributed by atoms with Crippen molar-refractivity contribution in [2.24, 2.45) is 0 Å². The number of hydrogen-bond acceptors (Lipinski definition) is 5. The summed E-state index contributed by atoms with van der Waals surface area (Å²) in [5, 5.41) is 1.33. The molecule has 7 heteroatoms. The van der Waals surface area contributed by atoms with E-state index in [1.165, 1.54) is 12.7 Å². The Morgan fingerprint density at radius 3 is 2.63 bits per heavy atom. The van der Waals surface area contributed by atoms with E-state index < -0.39 is 14.4 Å². The average molecular weight is 433 g/mol. The molecule has 30 heavy (non-hydrogen) atoms. The molecule has 0 amide bonds. The molecule has 0 bridgehead atoms. The van der Waals surface area contributed by atoms with Crippen LogP contribution >= 0.6 is 0 Å². The lowest BCUT2D eigenvalue weighted by Gasteiger charge is -2.37. The number of rotatable bonds is 7. The topological polar surface area (TPSA) is 63.8 Å². The van der Waals surface area contributed by atoms with Crippen LogP contribution in [-0.2, 0) is 20.4 Å². The van der Waals surface area contributed by atoms with Crippen molar-refractivity contribution in [1.29, 1.82) is 0 Å². The Morgan fingerprint density at radius 1 is 1.27 bits per heavy atom. The molecule has 2 aromatic rings. The minimum atomic E-state index is -1.75. The van der Waals surface area contributed by atoms with Gasteiger partial charge in [-0.2, -0.15) is 0 Å². The van der Waals surface area contributed by atoms with Gasteiger partial charge in [0.05, 0.1) is 14.2 Å². The first kappa shape index (κ1) is 22.8. The van der Waals surface area contributed by atoms with Gasteiger partial charge in [-0.3, -0.25) is 4.90 Å². The second-order valence-electron chi connectivity index (χ2n) is 9.60. The second kappa shape index (κ2) is 8.73. The Balaban J connectivity index is 1.77. The van der Waals surface area contributed by atoms with Crippen LogP contribution in [0.4, 0.5) is 0 Å². The van der Waals surface area contributed by atoms with E-state index in [9.17, 15) is 4.79 Å². The van der Waals surface area contributed by atoms with Gasteiger partial charge in [0.1, 0.15) is 11.8 Å². The van der Waals surface area contributed by atoms with E-state index in [4.69, 9.17) is 13.9 Å². The van der Waals surface area contributed by atoms with Gasteiger partial charge in [0.25, 0.3) is 0 Å². The Labute approximate surface area is 181 Å². The number of H-pyrrole nitrogens is 1. The number of carbonyl (C=O) groups excluding carboxylic acids is 1. The van der Waals surface area contributed by atoms with Crippen molar-refractivity contribution in [3.63, 3.8) is 0 Å². The summed E-state index contributed by atoms with van der Waals surface area (Å²) in [6.45, 7) is 13.6. The molecule has 0 saturated carbocycles. The maximum Gasteiger partial charge on any atom is 0.329 e. The fraction of sp³-hybridized carbons (Fsp3) is 0.609. The van der Waals surface area contributed by atoms with Crippen molar-refractivity contribution in [1.82, 2.24) is 9.88 Å². The molecular formula is C23H36N2O4Si. The van der Waals surface area contributed by atoms with Gasteiger partial charge in [-0.1, -0.05) is 20.8 Å². The molecule has 1 N–H and O–H groups in total. The third-order valence-electron chi connectivity index (χ3n) is 6.72. The minimum absolute atomic E-state index is 0.201. The maximum atomic E-state index is 12.7. The molecule has 1 aromatic carbocycles. The first-order chi connectivity index (χ1) is 14.1. The zero-order valence-corrected chi connectivity index (χ0v) is 20.4. The minimum Gasteiger partial charge on any atom is -0.497 e. The lowest BCUT2D eigenvalue weighted by atomic mass is 9.97. The molecule has 3 rings (SSSR count). The highest BCUT2D eigenvalue weighted by molar-refractivity contribution is 6.74. The Morgan fingerprint density at radius 2 is 2.00 bits per heavy atom. The van der Waals surface area contributed by atoms with Gasteiger partial charge in [-0.25, -0.2) is 4.79 Å². The van der Waals surface area contributed by atoms with E-state index in [1.54, 1.807) is 7.11 Å². The van der Waals surface area contributed by atoms with Crippen molar-refractivity contribution < 1.29 is 18.7 Å². The summed E-state index contributed by atoms with van der Waals surface area (Å²) in [5.41, 5.74) is 3.16. The third-order valence-corrected chi connectivity index (χ3v) is 11.3. The van der Waals surface area contributed by atoms with Crippen LogP contribution in [0.5, 0.6) is 5.75 Å². The van der Waals surface area contributed by atoms with Gasteiger partial charge in [0.15, 0.2) is 8.32 Å². The van der Waals surface area contributed by atoms with Crippen molar-refractivity contribution in [3.05, 3.63) is 29.5 Å². The number of aromatic amines is 1. The fourth-order valence-electron chi connectivity index (χ4n) is 3.88. The molecule has 0 saturated heterocycles. The molecule has 1 unspecified atom stereocenters. The standard InChI is InChI=1S/C23H36N2O4Si/c1-23(2,3)30(6,7)29-14-8-12-25-13-11-17-18-15-16(27-4)9-10-19(18)24-20(17)21(25)22(26)28-5/h9-10,15,21,24H,8,11-14H2,1-7H3. The normalized spacial score (nSPS) is 17.8. The predicted molar refractivity (Wildman–Crippen MR) is 123 cm³/mol. The van der Waals surface area contributed by atoms with Crippen molar-refractivity contribution in [2.75, 3.05) is 33.9 Å². The van der Waals surface area contributed by atoms with Crippen molar-refractivity contribution in [3.8, 4) is 5.75 Å². The highest BCUT2D eigenvalue weighted by Gasteiger charge is 2.38. The summed E-state index contributed by atoms with van der Waals surface area (Å²) in [7, 11) is 1.38. The van der Waals surface area contributed by atoms with E-state index in [-0.39, 0.29) is 11.0 Å². The molecule has 0 fully saturated rings. The van der Waals surface area contributed by atoms with Crippen LogP contribution < -0.4 is 4.74 Å². The summed E-state index contributed by atoms with van der Waals surface area (Å²) in [4.78, 5) is 18.4. The summed E-state index contributed by atoms with van der Waals surface area (Å²) < 4.78 is 16.9. The largest absolute Gasteiger partial charge is 0.497 e. The quantitative estimate of drug-likeness (QED) is 0.392. The summed E-state index contributed by atoms with van der Waals surface area (Å²) in [6.07, 6.45) is 1.78. The number of nitrogens with zero attached hydrogens (tertiary/aromatic N) is 1. The Bertz CT molecular complexity index is 900.